The predicted octanol–water partition coefficient (Wildman–Crippen LogP) is 3.07. The van der Waals surface area contributed by atoms with Crippen molar-refractivity contribution in [2.24, 2.45) is 17.6 Å². The Bertz CT molecular complexity index is 502. The standard InChI is InChI=1S/C17H25FN2O/c1-12(2)14-4-6-17(21)20(8-7-14)11-13-3-5-16(18)15(9-13)10-19/h3,5,9,12,14H,4,6-8,10-11,19H2,1-2H3. The van der Waals surface area contributed by atoms with Crippen molar-refractivity contribution >= 4 is 5.91 Å². The van der Waals surface area contributed by atoms with Crippen LogP contribution in [0.1, 0.15) is 44.2 Å². The minimum Gasteiger partial charge on any atom is -0.338 e. The largest absolute Gasteiger partial charge is 0.338 e. The molecule has 3 nitrogen and oxygen atoms in total. The van der Waals surface area contributed by atoms with Gasteiger partial charge in [-0.2, -0.15) is 0 Å². The maximum Gasteiger partial charge on any atom is 0.222 e. The van der Waals surface area contributed by atoms with Gasteiger partial charge in [-0.05, 0) is 42.4 Å². The van der Waals surface area contributed by atoms with E-state index in [-0.39, 0.29) is 18.3 Å². The van der Waals surface area contributed by atoms with E-state index in [1.165, 1.54) is 6.07 Å². The second-order valence-electron chi connectivity index (χ2n) is 6.28. The van der Waals surface area contributed by atoms with E-state index in [4.69, 9.17) is 5.73 Å². The SMILES string of the molecule is CC(C)C1CCC(=O)N(Cc2ccc(F)c(CN)c2)CC1. The molecule has 1 amide bonds. The molecule has 1 aliphatic heterocycles. The van der Waals surface area contributed by atoms with Gasteiger partial charge in [-0.1, -0.05) is 19.9 Å². The van der Waals surface area contributed by atoms with Gasteiger partial charge in [-0.25, -0.2) is 4.39 Å². The molecule has 21 heavy (non-hydrogen) atoms. The van der Waals surface area contributed by atoms with Gasteiger partial charge in [0.05, 0.1) is 0 Å². The van der Waals surface area contributed by atoms with Crippen LogP contribution in [0.2, 0.25) is 0 Å². The number of hydrogen-bond acceptors (Lipinski definition) is 2. The number of amides is 1. The van der Waals surface area contributed by atoms with Crippen LogP contribution >= 0.6 is 0 Å². The molecule has 0 aromatic heterocycles. The lowest BCUT2D eigenvalue weighted by Crippen LogP contribution is -2.30. The summed E-state index contributed by atoms with van der Waals surface area (Å²) in [5.41, 5.74) is 7.00. The molecule has 1 fully saturated rings. The minimum atomic E-state index is -0.275. The highest BCUT2D eigenvalue weighted by atomic mass is 19.1. The van der Waals surface area contributed by atoms with E-state index in [0.717, 1.165) is 24.9 Å². The zero-order valence-electron chi connectivity index (χ0n) is 12.9. The molecule has 116 valence electrons. The molecule has 0 aliphatic carbocycles. The summed E-state index contributed by atoms with van der Waals surface area (Å²) in [5, 5.41) is 0. The third kappa shape index (κ3) is 4.03. The van der Waals surface area contributed by atoms with E-state index in [0.29, 0.717) is 30.4 Å². The van der Waals surface area contributed by atoms with Crippen LogP contribution in [0.4, 0.5) is 4.39 Å². The van der Waals surface area contributed by atoms with Crippen molar-refractivity contribution in [2.75, 3.05) is 6.54 Å². The number of rotatable bonds is 4. The van der Waals surface area contributed by atoms with E-state index in [9.17, 15) is 9.18 Å². The number of halogens is 1. The van der Waals surface area contributed by atoms with Gasteiger partial charge >= 0.3 is 0 Å². The zero-order chi connectivity index (χ0) is 15.4. The molecule has 2 N–H and O–H groups in total. The fourth-order valence-corrected chi connectivity index (χ4v) is 2.99. The predicted molar refractivity (Wildman–Crippen MR) is 81.9 cm³/mol. The molecule has 1 unspecified atom stereocenters. The second-order valence-corrected chi connectivity index (χ2v) is 6.28. The fourth-order valence-electron chi connectivity index (χ4n) is 2.99. The first-order valence-electron chi connectivity index (χ1n) is 7.76. The van der Waals surface area contributed by atoms with Crippen LogP contribution in [0.15, 0.2) is 18.2 Å². The first-order chi connectivity index (χ1) is 10.0. The highest BCUT2D eigenvalue weighted by Crippen LogP contribution is 2.26. The Hall–Kier alpha value is -1.42. The Kier molecular flexibility index (Phi) is 5.34. The lowest BCUT2D eigenvalue weighted by atomic mass is 9.89. The van der Waals surface area contributed by atoms with Gasteiger partial charge in [0.1, 0.15) is 5.82 Å². The molecule has 1 aliphatic rings. The lowest BCUT2D eigenvalue weighted by Gasteiger charge is -2.22. The lowest BCUT2D eigenvalue weighted by molar-refractivity contribution is -0.131. The maximum atomic E-state index is 13.5. The Morgan fingerprint density at radius 2 is 2.14 bits per heavy atom. The number of hydrogen-bond donors (Lipinski definition) is 1. The highest BCUT2D eigenvalue weighted by Gasteiger charge is 2.24. The Balaban J connectivity index is 2.06. The molecule has 1 aromatic carbocycles. The molecule has 1 heterocycles. The summed E-state index contributed by atoms with van der Waals surface area (Å²) in [6.45, 7) is 5.97. The summed E-state index contributed by atoms with van der Waals surface area (Å²) in [6, 6.07) is 4.96. The molecule has 0 spiro atoms. The quantitative estimate of drug-likeness (QED) is 0.927. The van der Waals surface area contributed by atoms with Gasteiger partial charge in [0.2, 0.25) is 5.91 Å². The summed E-state index contributed by atoms with van der Waals surface area (Å²) in [7, 11) is 0. The van der Waals surface area contributed by atoms with Crippen LogP contribution in [0.5, 0.6) is 0 Å². The number of benzene rings is 1. The minimum absolute atomic E-state index is 0.184. The maximum absolute atomic E-state index is 13.5. The number of carbonyl (C=O) groups excluding carboxylic acids is 1. The number of nitrogens with zero attached hydrogens (tertiary/aromatic N) is 1. The Morgan fingerprint density at radius 3 is 2.81 bits per heavy atom. The summed E-state index contributed by atoms with van der Waals surface area (Å²) < 4.78 is 13.5. The van der Waals surface area contributed by atoms with Crippen molar-refractivity contribution in [3.05, 3.63) is 35.1 Å². The molecular weight excluding hydrogens is 267 g/mol. The molecule has 0 bridgehead atoms. The van der Waals surface area contributed by atoms with Crippen LogP contribution < -0.4 is 5.73 Å². The average Bonchev–Trinajstić information content (AvgIpc) is 2.64. The number of carbonyl (C=O) groups is 1. The van der Waals surface area contributed by atoms with Gasteiger partial charge in [0, 0.05) is 31.6 Å². The molecule has 0 saturated carbocycles. The van der Waals surface area contributed by atoms with Crippen molar-refractivity contribution in [3.63, 3.8) is 0 Å². The topological polar surface area (TPSA) is 46.3 Å². The normalized spacial score (nSPS) is 20.0. The van der Waals surface area contributed by atoms with Crippen LogP contribution in [0.3, 0.4) is 0 Å². The van der Waals surface area contributed by atoms with E-state index in [2.05, 4.69) is 13.8 Å². The summed E-state index contributed by atoms with van der Waals surface area (Å²) in [4.78, 5) is 14.1. The first-order valence-corrected chi connectivity index (χ1v) is 7.76. The third-order valence-corrected chi connectivity index (χ3v) is 4.50. The van der Waals surface area contributed by atoms with Gasteiger partial charge in [0.25, 0.3) is 0 Å². The smallest absolute Gasteiger partial charge is 0.222 e. The fraction of sp³-hybridized carbons (Fsp3) is 0.588. The van der Waals surface area contributed by atoms with Crippen molar-refractivity contribution in [1.82, 2.24) is 4.90 Å². The molecule has 0 radical (unpaired) electrons. The summed E-state index contributed by atoms with van der Waals surface area (Å²) >= 11 is 0. The summed E-state index contributed by atoms with van der Waals surface area (Å²) in [5.74, 6) is 1.17. The van der Waals surface area contributed by atoms with Crippen molar-refractivity contribution in [2.45, 2.75) is 46.2 Å². The van der Waals surface area contributed by atoms with Crippen LogP contribution in [-0.2, 0) is 17.9 Å². The van der Waals surface area contributed by atoms with Gasteiger partial charge in [0.15, 0.2) is 0 Å². The zero-order valence-corrected chi connectivity index (χ0v) is 12.9. The summed E-state index contributed by atoms with van der Waals surface area (Å²) in [6.07, 6.45) is 2.65. The van der Waals surface area contributed by atoms with Crippen LogP contribution in [0, 0.1) is 17.7 Å². The van der Waals surface area contributed by atoms with E-state index < -0.39 is 0 Å². The van der Waals surface area contributed by atoms with E-state index in [1.807, 2.05) is 4.90 Å². The second kappa shape index (κ2) is 7.03. The van der Waals surface area contributed by atoms with Crippen LogP contribution in [-0.4, -0.2) is 17.4 Å². The van der Waals surface area contributed by atoms with Crippen molar-refractivity contribution < 1.29 is 9.18 Å². The van der Waals surface area contributed by atoms with Crippen LogP contribution in [0.25, 0.3) is 0 Å². The number of nitrogens with two attached hydrogens (primary N) is 1. The molecule has 1 aromatic rings. The van der Waals surface area contributed by atoms with Gasteiger partial charge < -0.3 is 10.6 Å². The third-order valence-electron chi connectivity index (χ3n) is 4.50. The van der Waals surface area contributed by atoms with Gasteiger partial charge in [-0.15, -0.1) is 0 Å². The van der Waals surface area contributed by atoms with E-state index >= 15 is 0 Å². The highest BCUT2D eigenvalue weighted by molar-refractivity contribution is 5.76. The molecule has 2 rings (SSSR count). The first kappa shape index (κ1) is 16.0. The van der Waals surface area contributed by atoms with Gasteiger partial charge in [-0.3, -0.25) is 4.79 Å². The molecular formula is C17H25FN2O. The molecule has 1 atom stereocenters. The molecule has 4 heteroatoms. The molecule has 1 saturated heterocycles. The van der Waals surface area contributed by atoms with Crippen molar-refractivity contribution in [3.8, 4) is 0 Å². The monoisotopic (exact) mass is 292 g/mol. The number of likely N-dealkylation sites (tertiary alicyclic amines) is 1. The average molecular weight is 292 g/mol. The Morgan fingerprint density at radius 1 is 1.38 bits per heavy atom. The van der Waals surface area contributed by atoms with Crippen molar-refractivity contribution in [1.29, 1.82) is 0 Å². The Labute approximate surface area is 126 Å². The van der Waals surface area contributed by atoms with E-state index in [1.54, 1.807) is 12.1 Å².